The summed E-state index contributed by atoms with van der Waals surface area (Å²) < 4.78 is 22.8. The number of nitrogens with zero attached hydrogens (tertiary/aromatic N) is 2. The number of benzene rings is 2. The quantitative estimate of drug-likeness (QED) is 0.547. The van der Waals surface area contributed by atoms with E-state index in [2.05, 4.69) is 10.5 Å². The van der Waals surface area contributed by atoms with Gasteiger partial charge in [-0.25, -0.2) is 0 Å². The van der Waals surface area contributed by atoms with Gasteiger partial charge in [0.2, 0.25) is 0 Å². The number of para-hydroxylation sites is 1. The van der Waals surface area contributed by atoms with Crippen LogP contribution in [-0.4, -0.2) is 42.3 Å². The molecule has 8 heteroatoms. The fourth-order valence-electron chi connectivity index (χ4n) is 4.58. The summed E-state index contributed by atoms with van der Waals surface area (Å²) in [5.74, 6) is 1.93. The molecular weight excluding hydrogens is 434 g/mol. The van der Waals surface area contributed by atoms with Gasteiger partial charge in [-0.3, -0.25) is 4.79 Å². The largest absolute Gasteiger partial charge is 0.493 e. The zero-order valence-corrected chi connectivity index (χ0v) is 19.7. The second-order valence-electron chi connectivity index (χ2n) is 8.69. The van der Waals surface area contributed by atoms with E-state index in [1.54, 1.807) is 7.11 Å². The number of amides is 1. The van der Waals surface area contributed by atoms with Crippen LogP contribution >= 0.6 is 0 Å². The lowest BCUT2D eigenvalue weighted by molar-refractivity contribution is 0.0426. The summed E-state index contributed by atoms with van der Waals surface area (Å²) >= 11 is 0. The number of aromatic nitrogens is 1. The summed E-state index contributed by atoms with van der Waals surface area (Å²) in [4.78, 5) is 15.3. The molecule has 0 bridgehead atoms. The Hall–Kier alpha value is -3.52. The second-order valence-corrected chi connectivity index (χ2v) is 8.69. The van der Waals surface area contributed by atoms with Crippen LogP contribution in [0.25, 0.3) is 0 Å². The molecule has 1 aromatic heterocycles. The number of carbonyl (C=O) groups excluding carboxylic acids is 1. The van der Waals surface area contributed by atoms with Crippen molar-refractivity contribution in [3.05, 3.63) is 70.6 Å². The highest BCUT2D eigenvalue weighted by Crippen LogP contribution is 2.38. The van der Waals surface area contributed by atoms with Crippen molar-refractivity contribution in [1.82, 2.24) is 10.1 Å². The van der Waals surface area contributed by atoms with E-state index in [-0.39, 0.29) is 18.2 Å². The highest BCUT2D eigenvalue weighted by atomic mass is 16.5. The van der Waals surface area contributed by atoms with E-state index in [9.17, 15) is 4.79 Å². The first kappa shape index (κ1) is 22.3. The van der Waals surface area contributed by atoms with Gasteiger partial charge >= 0.3 is 0 Å². The number of carbonyl (C=O) groups is 1. The van der Waals surface area contributed by atoms with Crippen LogP contribution in [0.1, 0.15) is 51.9 Å². The molecule has 34 heavy (non-hydrogen) atoms. The molecule has 1 fully saturated rings. The molecule has 5 rings (SSSR count). The van der Waals surface area contributed by atoms with Crippen LogP contribution in [0.2, 0.25) is 0 Å². The van der Waals surface area contributed by atoms with E-state index < -0.39 is 0 Å². The molecule has 3 heterocycles. The van der Waals surface area contributed by atoms with Crippen molar-refractivity contribution in [3.63, 3.8) is 0 Å². The van der Waals surface area contributed by atoms with Crippen molar-refractivity contribution in [2.45, 2.75) is 45.6 Å². The molecule has 0 saturated carbocycles. The van der Waals surface area contributed by atoms with Crippen LogP contribution in [0.15, 0.2) is 47.0 Å². The fourth-order valence-corrected chi connectivity index (χ4v) is 4.58. The van der Waals surface area contributed by atoms with Crippen molar-refractivity contribution in [2.24, 2.45) is 0 Å². The Bertz CT molecular complexity index is 1170. The standard InChI is InChI=1S/C26H29N3O5/c1-16-21(17(2)34-28-16)15-33-23-11-10-18(13-24(23)31-3)25-27-22-9-5-4-8-20(22)26(30)29(25)14-19-7-6-12-32-19/h4-5,8-11,13,19,25,27H,6-7,12,14-15H2,1-3H3/t19-,25+/m1/s1. The predicted octanol–water partition coefficient (Wildman–Crippen LogP) is 4.62. The lowest BCUT2D eigenvalue weighted by Crippen LogP contribution is -2.46. The van der Waals surface area contributed by atoms with Crippen molar-refractivity contribution in [3.8, 4) is 11.5 Å². The van der Waals surface area contributed by atoms with E-state index in [0.29, 0.717) is 30.2 Å². The number of nitrogens with one attached hydrogen (secondary N) is 1. The Labute approximate surface area is 198 Å². The van der Waals surface area contributed by atoms with Crippen molar-refractivity contribution < 1.29 is 23.5 Å². The predicted molar refractivity (Wildman–Crippen MR) is 126 cm³/mol. The molecule has 0 radical (unpaired) electrons. The lowest BCUT2D eigenvalue weighted by atomic mass is 10.0. The molecule has 1 amide bonds. The summed E-state index contributed by atoms with van der Waals surface area (Å²) in [5, 5.41) is 7.52. The fraction of sp³-hybridized carbons (Fsp3) is 0.385. The van der Waals surface area contributed by atoms with Gasteiger partial charge in [-0.2, -0.15) is 0 Å². The molecule has 8 nitrogen and oxygen atoms in total. The first-order chi connectivity index (χ1) is 16.5. The van der Waals surface area contributed by atoms with Crippen LogP contribution in [0, 0.1) is 13.8 Å². The third-order valence-electron chi connectivity index (χ3n) is 6.50. The number of hydrogen-bond donors (Lipinski definition) is 1. The number of methoxy groups -OCH3 is 1. The summed E-state index contributed by atoms with van der Waals surface area (Å²) in [7, 11) is 1.61. The van der Waals surface area contributed by atoms with Gasteiger partial charge in [-0.05, 0) is 56.5 Å². The molecule has 1 N–H and O–H groups in total. The minimum Gasteiger partial charge on any atom is -0.493 e. The highest BCUT2D eigenvalue weighted by Gasteiger charge is 2.35. The van der Waals surface area contributed by atoms with Gasteiger partial charge in [0.05, 0.1) is 30.0 Å². The Morgan fingerprint density at radius 3 is 2.76 bits per heavy atom. The normalized spacial score (nSPS) is 19.6. The highest BCUT2D eigenvalue weighted by molar-refractivity contribution is 6.01. The Balaban J connectivity index is 1.43. The molecule has 0 spiro atoms. The first-order valence-electron chi connectivity index (χ1n) is 11.6. The maximum atomic E-state index is 13.5. The number of ether oxygens (including phenoxy) is 3. The van der Waals surface area contributed by atoms with Crippen LogP contribution in [0.3, 0.4) is 0 Å². The number of rotatable bonds is 7. The van der Waals surface area contributed by atoms with Gasteiger partial charge in [-0.1, -0.05) is 23.4 Å². The Morgan fingerprint density at radius 1 is 1.18 bits per heavy atom. The van der Waals surface area contributed by atoms with E-state index in [4.69, 9.17) is 18.7 Å². The molecular formula is C26H29N3O5. The smallest absolute Gasteiger partial charge is 0.257 e. The summed E-state index contributed by atoms with van der Waals surface area (Å²) in [6, 6.07) is 13.4. The molecule has 0 aliphatic carbocycles. The van der Waals surface area contributed by atoms with Crippen LogP contribution in [0.4, 0.5) is 5.69 Å². The lowest BCUT2D eigenvalue weighted by Gasteiger charge is -2.39. The number of fused-ring (bicyclic) bond motifs is 1. The zero-order valence-electron chi connectivity index (χ0n) is 19.7. The van der Waals surface area contributed by atoms with Crippen molar-refractivity contribution in [2.75, 3.05) is 25.6 Å². The summed E-state index contributed by atoms with van der Waals surface area (Å²) in [6.07, 6.45) is 1.66. The topological polar surface area (TPSA) is 86.1 Å². The Morgan fingerprint density at radius 2 is 2.03 bits per heavy atom. The first-order valence-corrected chi connectivity index (χ1v) is 11.6. The van der Waals surface area contributed by atoms with E-state index in [1.807, 2.05) is 61.2 Å². The third kappa shape index (κ3) is 4.21. The molecule has 2 aliphatic heterocycles. The Kier molecular flexibility index (Phi) is 6.15. The summed E-state index contributed by atoms with van der Waals surface area (Å²) in [6.45, 7) is 5.35. The minimum atomic E-state index is -0.350. The van der Waals surface area contributed by atoms with Gasteiger partial charge in [0.15, 0.2) is 11.5 Å². The molecule has 2 aliphatic rings. The average molecular weight is 464 g/mol. The number of aryl methyl sites for hydroxylation is 2. The maximum Gasteiger partial charge on any atom is 0.257 e. The second kappa shape index (κ2) is 9.38. The van der Waals surface area contributed by atoms with Gasteiger partial charge in [0.1, 0.15) is 18.5 Å². The van der Waals surface area contributed by atoms with Gasteiger partial charge < -0.3 is 29.0 Å². The van der Waals surface area contributed by atoms with E-state index in [1.165, 1.54) is 0 Å². The minimum absolute atomic E-state index is 0.00690. The summed E-state index contributed by atoms with van der Waals surface area (Å²) in [5.41, 5.74) is 4.12. The molecule has 3 aromatic rings. The average Bonchev–Trinajstić information content (AvgIpc) is 3.49. The van der Waals surface area contributed by atoms with Gasteiger partial charge in [0.25, 0.3) is 5.91 Å². The maximum absolute atomic E-state index is 13.5. The molecule has 2 aromatic carbocycles. The van der Waals surface area contributed by atoms with Crippen LogP contribution in [0.5, 0.6) is 11.5 Å². The van der Waals surface area contributed by atoms with Crippen LogP contribution < -0.4 is 14.8 Å². The molecule has 2 atom stereocenters. The molecule has 1 saturated heterocycles. The SMILES string of the molecule is COc1cc([C@H]2Nc3ccccc3C(=O)N2C[C@H]2CCCO2)ccc1OCc1c(C)noc1C. The van der Waals surface area contributed by atoms with E-state index in [0.717, 1.165) is 47.7 Å². The van der Waals surface area contributed by atoms with Crippen LogP contribution in [-0.2, 0) is 11.3 Å². The number of hydrogen-bond acceptors (Lipinski definition) is 7. The van der Waals surface area contributed by atoms with E-state index >= 15 is 0 Å². The molecule has 178 valence electrons. The van der Waals surface area contributed by atoms with Gasteiger partial charge in [-0.15, -0.1) is 0 Å². The zero-order chi connectivity index (χ0) is 23.7. The van der Waals surface area contributed by atoms with Gasteiger partial charge in [0, 0.05) is 18.8 Å². The number of anilines is 1. The monoisotopic (exact) mass is 463 g/mol. The third-order valence-corrected chi connectivity index (χ3v) is 6.50. The molecule has 0 unspecified atom stereocenters. The van der Waals surface area contributed by atoms with Crippen molar-refractivity contribution >= 4 is 11.6 Å². The van der Waals surface area contributed by atoms with Crippen molar-refractivity contribution in [1.29, 1.82) is 0 Å².